The number of amides is 1. The summed E-state index contributed by atoms with van der Waals surface area (Å²) in [5.41, 5.74) is 1.94. The van der Waals surface area contributed by atoms with Crippen LogP contribution in [0.3, 0.4) is 0 Å². The van der Waals surface area contributed by atoms with Crippen molar-refractivity contribution in [1.82, 2.24) is 5.32 Å². The average Bonchev–Trinajstić information content (AvgIpc) is 2.84. The van der Waals surface area contributed by atoms with Gasteiger partial charge < -0.3 is 10.4 Å². The Kier molecular flexibility index (Phi) is 18.6. The van der Waals surface area contributed by atoms with Crippen LogP contribution in [0.4, 0.5) is 0 Å². The number of allylic oxidation sites excluding steroid dienone is 1. The summed E-state index contributed by atoms with van der Waals surface area (Å²) >= 11 is 0. The van der Waals surface area contributed by atoms with Gasteiger partial charge in [-0.2, -0.15) is 0 Å². The molecule has 1 amide bonds. The molecular formula is C31H53NO2. The van der Waals surface area contributed by atoms with E-state index in [0.29, 0.717) is 5.56 Å². The normalized spacial score (nSPS) is 13.3. The van der Waals surface area contributed by atoms with Crippen LogP contribution in [0, 0.1) is 0 Å². The van der Waals surface area contributed by atoms with Gasteiger partial charge in [0, 0.05) is 5.56 Å². The largest absolute Gasteiger partial charge is 0.387 e. The fourth-order valence-corrected chi connectivity index (χ4v) is 4.28. The van der Waals surface area contributed by atoms with Crippen LogP contribution in [0.25, 0.3) is 0 Å². The second-order valence-corrected chi connectivity index (χ2v) is 10.0. The van der Waals surface area contributed by atoms with E-state index in [-0.39, 0.29) is 11.9 Å². The van der Waals surface area contributed by atoms with Crippen LogP contribution in [0.15, 0.2) is 36.4 Å². The second kappa shape index (κ2) is 20.7. The monoisotopic (exact) mass is 471 g/mol. The summed E-state index contributed by atoms with van der Waals surface area (Å²) in [6, 6.07) is 7.60. The molecule has 0 heterocycles. The van der Waals surface area contributed by atoms with Gasteiger partial charge in [0.15, 0.2) is 0 Å². The number of unbranched alkanes of at least 4 members (excludes halogenated alkanes) is 14. The van der Waals surface area contributed by atoms with Crippen LogP contribution in [0.1, 0.15) is 139 Å². The quantitative estimate of drug-likeness (QED) is 0.139. The first kappa shape index (κ1) is 30.4. The molecule has 0 fully saturated rings. The van der Waals surface area contributed by atoms with E-state index in [9.17, 15) is 9.90 Å². The Morgan fingerprint density at radius 1 is 0.794 bits per heavy atom. The predicted molar refractivity (Wildman–Crippen MR) is 147 cm³/mol. The van der Waals surface area contributed by atoms with Gasteiger partial charge in [0.2, 0.25) is 0 Å². The molecule has 34 heavy (non-hydrogen) atoms. The molecule has 0 aliphatic heterocycles. The molecule has 0 saturated carbocycles. The van der Waals surface area contributed by atoms with Crippen molar-refractivity contribution in [2.45, 2.75) is 142 Å². The van der Waals surface area contributed by atoms with E-state index < -0.39 is 6.10 Å². The first-order valence-electron chi connectivity index (χ1n) is 14.3. The van der Waals surface area contributed by atoms with Gasteiger partial charge in [0.05, 0.1) is 12.1 Å². The maximum Gasteiger partial charge on any atom is 0.251 e. The smallest absolute Gasteiger partial charge is 0.251 e. The van der Waals surface area contributed by atoms with Crippen LogP contribution >= 0.6 is 0 Å². The molecule has 0 unspecified atom stereocenters. The maximum atomic E-state index is 12.5. The third kappa shape index (κ3) is 15.3. The van der Waals surface area contributed by atoms with Crippen molar-refractivity contribution in [2.75, 3.05) is 0 Å². The summed E-state index contributed by atoms with van der Waals surface area (Å²) in [7, 11) is 0. The second-order valence-electron chi connectivity index (χ2n) is 10.0. The SMILES string of the molecule is CCCCCCCCCCCC/C=C/[C@@H](O)[C@@H](C)NC(=O)c1ccc(CCCCCCC)cc1. The summed E-state index contributed by atoms with van der Waals surface area (Å²) in [4.78, 5) is 12.5. The van der Waals surface area contributed by atoms with Crippen molar-refractivity contribution in [3.63, 3.8) is 0 Å². The van der Waals surface area contributed by atoms with Crippen LogP contribution in [-0.4, -0.2) is 23.2 Å². The van der Waals surface area contributed by atoms with Crippen molar-refractivity contribution in [2.24, 2.45) is 0 Å². The highest BCUT2D eigenvalue weighted by molar-refractivity contribution is 5.94. The van der Waals surface area contributed by atoms with Gasteiger partial charge in [0.1, 0.15) is 0 Å². The fraction of sp³-hybridized carbons (Fsp3) is 0.710. The fourth-order valence-electron chi connectivity index (χ4n) is 4.28. The Balaban J connectivity index is 2.16. The molecule has 0 radical (unpaired) electrons. The number of carbonyl (C=O) groups excluding carboxylic acids is 1. The zero-order valence-electron chi connectivity index (χ0n) is 22.5. The zero-order chi connectivity index (χ0) is 24.9. The number of aliphatic hydroxyl groups is 1. The van der Waals surface area contributed by atoms with Gasteiger partial charge in [0.25, 0.3) is 5.91 Å². The van der Waals surface area contributed by atoms with Crippen molar-refractivity contribution in [3.05, 3.63) is 47.5 Å². The molecule has 0 saturated heterocycles. The van der Waals surface area contributed by atoms with Gasteiger partial charge in [-0.15, -0.1) is 0 Å². The zero-order valence-corrected chi connectivity index (χ0v) is 22.5. The number of aliphatic hydroxyl groups excluding tert-OH is 1. The molecule has 0 spiro atoms. The first-order valence-corrected chi connectivity index (χ1v) is 14.3. The van der Waals surface area contributed by atoms with Crippen LogP contribution in [0.5, 0.6) is 0 Å². The van der Waals surface area contributed by atoms with Gasteiger partial charge in [-0.25, -0.2) is 0 Å². The lowest BCUT2D eigenvalue weighted by Gasteiger charge is -2.17. The van der Waals surface area contributed by atoms with E-state index in [4.69, 9.17) is 0 Å². The molecule has 0 aliphatic rings. The third-order valence-corrected chi connectivity index (χ3v) is 6.71. The molecule has 0 aliphatic carbocycles. The predicted octanol–water partition coefficient (Wildman–Crippen LogP) is 8.55. The summed E-state index contributed by atoms with van der Waals surface area (Å²) in [5.74, 6) is -0.121. The van der Waals surface area contributed by atoms with Gasteiger partial charge in [-0.3, -0.25) is 4.79 Å². The van der Waals surface area contributed by atoms with Crippen molar-refractivity contribution in [1.29, 1.82) is 0 Å². The molecule has 1 aromatic carbocycles. The standard InChI is InChI=1S/C31H53NO2/c1-4-6-8-10-11-12-13-14-15-16-18-20-22-30(33)27(3)32-31(34)29-25-23-28(24-26-29)21-19-17-9-7-5-2/h20,22-27,30,33H,4-19,21H2,1-3H3,(H,32,34)/b22-20+/t27-,30-/m1/s1. The van der Waals surface area contributed by atoms with E-state index in [1.54, 1.807) is 0 Å². The van der Waals surface area contributed by atoms with Crippen molar-refractivity contribution in [3.8, 4) is 0 Å². The lowest BCUT2D eigenvalue weighted by molar-refractivity contribution is 0.0894. The lowest BCUT2D eigenvalue weighted by atomic mass is 10.0. The molecule has 3 nitrogen and oxygen atoms in total. The van der Waals surface area contributed by atoms with E-state index >= 15 is 0 Å². The third-order valence-electron chi connectivity index (χ3n) is 6.71. The van der Waals surface area contributed by atoms with Crippen LogP contribution < -0.4 is 5.32 Å². The maximum absolute atomic E-state index is 12.5. The molecule has 194 valence electrons. The van der Waals surface area contributed by atoms with Crippen LogP contribution in [-0.2, 0) is 6.42 Å². The summed E-state index contributed by atoms with van der Waals surface area (Å²) < 4.78 is 0. The van der Waals surface area contributed by atoms with Gasteiger partial charge in [-0.05, 0) is 50.3 Å². The summed E-state index contributed by atoms with van der Waals surface area (Å²) in [6.45, 7) is 6.36. The highest BCUT2D eigenvalue weighted by Crippen LogP contribution is 2.13. The van der Waals surface area contributed by atoms with Crippen molar-refractivity contribution >= 4 is 5.91 Å². The topological polar surface area (TPSA) is 49.3 Å². The van der Waals surface area contributed by atoms with E-state index in [1.807, 2.05) is 25.1 Å². The number of benzene rings is 1. The number of carbonyl (C=O) groups is 1. The molecule has 1 aromatic rings. The number of rotatable bonds is 21. The highest BCUT2D eigenvalue weighted by atomic mass is 16.3. The Labute approximate surface area is 210 Å². The number of hydrogen-bond acceptors (Lipinski definition) is 2. The van der Waals surface area contributed by atoms with E-state index in [2.05, 4.69) is 37.4 Å². The number of hydrogen-bond donors (Lipinski definition) is 2. The number of nitrogens with one attached hydrogen (secondary N) is 1. The lowest BCUT2D eigenvalue weighted by Crippen LogP contribution is -2.40. The minimum absolute atomic E-state index is 0.121. The average molecular weight is 472 g/mol. The highest BCUT2D eigenvalue weighted by Gasteiger charge is 2.15. The number of aryl methyl sites for hydroxylation is 1. The van der Waals surface area contributed by atoms with Gasteiger partial charge >= 0.3 is 0 Å². The van der Waals surface area contributed by atoms with E-state index in [1.165, 1.54) is 102 Å². The molecule has 2 atom stereocenters. The van der Waals surface area contributed by atoms with Crippen LogP contribution in [0.2, 0.25) is 0 Å². The minimum Gasteiger partial charge on any atom is -0.387 e. The first-order chi connectivity index (χ1) is 16.6. The molecule has 0 aromatic heterocycles. The molecule has 0 bridgehead atoms. The van der Waals surface area contributed by atoms with E-state index in [0.717, 1.165) is 12.8 Å². The summed E-state index contributed by atoms with van der Waals surface area (Å²) in [6.07, 6.45) is 25.0. The minimum atomic E-state index is -0.658. The molecule has 2 N–H and O–H groups in total. The Morgan fingerprint density at radius 2 is 1.29 bits per heavy atom. The molecule has 3 heteroatoms. The van der Waals surface area contributed by atoms with Crippen molar-refractivity contribution < 1.29 is 9.90 Å². The Morgan fingerprint density at radius 3 is 1.85 bits per heavy atom. The van der Waals surface area contributed by atoms with Gasteiger partial charge in [-0.1, -0.05) is 122 Å². The Hall–Kier alpha value is -1.61. The molecular weight excluding hydrogens is 418 g/mol. The molecule has 1 rings (SSSR count). The Bertz CT molecular complexity index is 637. The summed E-state index contributed by atoms with van der Waals surface area (Å²) in [5, 5.41) is 13.3.